The zero-order valence-corrected chi connectivity index (χ0v) is 11.8. The zero-order chi connectivity index (χ0) is 14.8. The third-order valence-electron chi connectivity index (χ3n) is 2.95. The molecule has 0 heterocycles. The molecule has 0 aliphatic heterocycles. The predicted molar refractivity (Wildman–Crippen MR) is 74.9 cm³/mol. The Bertz CT molecular complexity index is 596. The molecule has 0 atom stereocenters. The first-order valence-electron chi connectivity index (χ1n) is 5.52. The molecule has 0 aliphatic carbocycles. The van der Waals surface area contributed by atoms with Crippen LogP contribution in [-0.2, 0) is 9.84 Å². The van der Waals surface area contributed by atoms with E-state index in [4.69, 9.17) is 5.73 Å². The number of nitrogen functional groups attached to an aromatic ring is 1. The summed E-state index contributed by atoms with van der Waals surface area (Å²) in [5.74, 6) is 0. The topological polar surface area (TPSA) is 115 Å². The molecule has 7 nitrogen and oxygen atoms in total. The Morgan fingerprint density at radius 2 is 2.00 bits per heavy atom. The molecule has 0 fully saturated rings. The normalized spacial score (nSPS) is 12.2. The van der Waals surface area contributed by atoms with Crippen LogP contribution in [0, 0.1) is 10.1 Å². The van der Waals surface area contributed by atoms with Crippen LogP contribution in [0.4, 0.5) is 17.1 Å². The van der Waals surface area contributed by atoms with Crippen molar-refractivity contribution in [2.24, 2.45) is 0 Å². The molecular weight excluding hydrogens is 270 g/mol. The Balaban J connectivity index is 2.88. The summed E-state index contributed by atoms with van der Waals surface area (Å²) in [7, 11) is -3.22. The second kappa shape index (κ2) is 5.04. The second-order valence-electron chi connectivity index (χ2n) is 4.91. The molecule has 0 radical (unpaired) electrons. The van der Waals surface area contributed by atoms with Crippen molar-refractivity contribution in [3.63, 3.8) is 0 Å². The van der Waals surface area contributed by atoms with Crippen LogP contribution in [0.15, 0.2) is 18.2 Å². The Morgan fingerprint density at radius 1 is 1.42 bits per heavy atom. The average Bonchev–Trinajstić information content (AvgIpc) is 2.25. The van der Waals surface area contributed by atoms with Gasteiger partial charge in [0, 0.05) is 24.9 Å². The van der Waals surface area contributed by atoms with Crippen molar-refractivity contribution in [3.8, 4) is 0 Å². The maximum absolute atomic E-state index is 11.5. The van der Waals surface area contributed by atoms with E-state index in [0.29, 0.717) is 5.69 Å². The Labute approximate surface area is 111 Å². The van der Waals surface area contributed by atoms with E-state index in [2.05, 4.69) is 5.32 Å². The number of non-ortho nitro benzene ring substituents is 1. The van der Waals surface area contributed by atoms with Crippen LogP contribution in [0.2, 0.25) is 0 Å². The number of nitrogens with two attached hydrogens (primary N) is 1. The Morgan fingerprint density at radius 3 is 2.42 bits per heavy atom. The SMILES string of the molecule is CC(C)(CNc1ccc([N+](=O)[O-])cc1N)S(C)(=O)=O. The van der Waals surface area contributed by atoms with E-state index in [1.54, 1.807) is 13.8 Å². The molecule has 0 saturated heterocycles. The highest BCUT2D eigenvalue weighted by Crippen LogP contribution is 2.25. The van der Waals surface area contributed by atoms with Gasteiger partial charge in [0.15, 0.2) is 9.84 Å². The van der Waals surface area contributed by atoms with Crippen molar-refractivity contribution >= 4 is 26.9 Å². The summed E-state index contributed by atoms with van der Waals surface area (Å²) in [5, 5.41) is 13.5. The monoisotopic (exact) mass is 287 g/mol. The fourth-order valence-corrected chi connectivity index (χ4v) is 1.60. The van der Waals surface area contributed by atoms with Crippen LogP contribution < -0.4 is 11.1 Å². The maximum Gasteiger partial charge on any atom is 0.271 e. The van der Waals surface area contributed by atoms with Gasteiger partial charge >= 0.3 is 0 Å². The summed E-state index contributed by atoms with van der Waals surface area (Å²) in [4.78, 5) is 10.0. The van der Waals surface area contributed by atoms with Crippen molar-refractivity contribution in [2.45, 2.75) is 18.6 Å². The smallest absolute Gasteiger partial charge is 0.271 e. The molecule has 1 rings (SSSR count). The molecule has 1 aromatic rings. The summed E-state index contributed by atoms with van der Waals surface area (Å²) in [6.07, 6.45) is 1.16. The number of nitro benzene ring substituents is 1. The van der Waals surface area contributed by atoms with Gasteiger partial charge in [-0.1, -0.05) is 0 Å². The largest absolute Gasteiger partial charge is 0.397 e. The molecule has 8 heteroatoms. The van der Waals surface area contributed by atoms with Crippen molar-refractivity contribution in [1.29, 1.82) is 0 Å². The van der Waals surface area contributed by atoms with Gasteiger partial charge in [-0.15, -0.1) is 0 Å². The maximum atomic E-state index is 11.5. The lowest BCUT2D eigenvalue weighted by Crippen LogP contribution is -2.38. The summed E-state index contributed by atoms with van der Waals surface area (Å²) in [6, 6.07) is 4.01. The van der Waals surface area contributed by atoms with Gasteiger partial charge in [-0.05, 0) is 19.9 Å². The van der Waals surface area contributed by atoms with E-state index in [0.717, 1.165) is 6.26 Å². The first kappa shape index (κ1) is 15.2. The lowest BCUT2D eigenvalue weighted by atomic mass is 10.2. The summed E-state index contributed by atoms with van der Waals surface area (Å²) < 4.78 is 22.1. The fourth-order valence-electron chi connectivity index (χ4n) is 1.26. The molecule has 0 aliphatic rings. The molecular formula is C11H17N3O4S. The third kappa shape index (κ3) is 3.57. The van der Waals surface area contributed by atoms with E-state index in [1.165, 1.54) is 18.2 Å². The number of hydrogen-bond donors (Lipinski definition) is 2. The van der Waals surface area contributed by atoms with Crippen LogP contribution in [0.3, 0.4) is 0 Å². The molecule has 0 amide bonds. The molecule has 0 spiro atoms. The van der Waals surface area contributed by atoms with Gasteiger partial charge < -0.3 is 11.1 Å². The highest BCUT2D eigenvalue weighted by Gasteiger charge is 2.30. The zero-order valence-electron chi connectivity index (χ0n) is 11.0. The number of nitrogens with zero attached hydrogens (tertiary/aromatic N) is 1. The first-order chi connectivity index (χ1) is 8.54. The minimum Gasteiger partial charge on any atom is -0.397 e. The van der Waals surface area contributed by atoms with E-state index in [1.807, 2.05) is 0 Å². The van der Waals surface area contributed by atoms with Crippen LogP contribution in [0.25, 0.3) is 0 Å². The molecule has 1 aromatic carbocycles. The average molecular weight is 287 g/mol. The number of sulfone groups is 1. The van der Waals surface area contributed by atoms with E-state index < -0.39 is 19.5 Å². The highest BCUT2D eigenvalue weighted by atomic mass is 32.2. The molecule has 0 aromatic heterocycles. The van der Waals surface area contributed by atoms with Gasteiger partial charge in [0.2, 0.25) is 0 Å². The predicted octanol–water partition coefficient (Wildman–Crippen LogP) is 1.41. The van der Waals surface area contributed by atoms with Crippen LogP contribution >= 0.6 is 0 Å². The van der Waals surface area contributed by atoms with Crippen LogP contribution in [-0.4, -0.2) is 30.9 Å². The van der Waals surface area contributed by atoms with Gasteiger partial charge in [0.25, 0.3) is 5.69 Å². The summed E-state index contributed by atoms with van der Waals surface area (Å²) in [5.41, 5.74) is 6.26. The molecule has 0 saturated carbocycles. The van der Waals surface area contributed by atoms with E-state index in [-0.39, 0.29) is 17.9 Å². The van der Waals surface area contributed by atoms with Crippen LogP contribution in [0.1, 0.15) is 13.8 Å². The number of nitrogens with one attached hydrogen (secondary N) is 1. The molecule has 19 heavy (non-hydrogen) atoms. The number of nitro groups is 1. The van der Waals surface area contributed by atoms with Gasteiger partial charge in [0.05, 0.1) is 21.0 Å². The molecule has 3 N–H and O–H groups in total. The molecule has 0 unspecified atom stereocenters. The first-order valence-corrected chi connectivity index (χ1v) is 7.41. The quantitative estimate of drug-likeness (QED) is 0.480. The van der Waals surface area contributed by atoms with Crippen molar-refractivity contribution in [2.75, 3.05) is 23.9 Å². The standard InChI is InChI=1S/C11H17N3O4S/c1-11(2,19(3,17)18)7-13-10-5-4-8(14(15)16)6-9(10)12/h4-6,13H,7,12H2,1-3H3. The number of anilines is 2. The fraction of sp³-hybridized carbons (Fsp3) is 0.455. The number of benzene rings is 1. The number of hydrogen-bond acceptors (Lipinski definition) is 6. The van der Waals surface area contributed by atoms with E-state index >= 15 is 0 Å². The van der Waals surface area contributed by atoms with E-state index in [9.17, 15) is 18.5 Å². The number of rotatable bonds is 5. The van der Waals surface area contributed by atoms with Gasteiger partial charge in [-0.25, -0.2) is 8.42 Å². The molecule has 106 valence electrons. The molecule has 0 bridgehead atoms. The highest BCUT2D eigenvalue weighted by molar-refractivity contribution is 7.92. The van der Waals surface area contributed by atoms with Crippen molar-refractivity contribution in [1.82, 2.24) is 0 Å². The lowest BCUT2D eigenvalue weighted by molar-refractivity contribution is -0.384. The summed E-state index contributed by atoms with van der Waals surface area (Å²) >= 11 is 0. The minimum atomic E-state index is -3.22. The van der Waals surface area contributed by atoms with Gasteiger partial charge in [-0.2, -0.15) is 0 Å². The lowest BCUT2D eigenvalue weighted by Gasteiger charge is -2.23. The Hall–Kier alpha value is -1.83. The minimum absolute atomic E-state index is 0.106. The van der Waals surface area contributed by atoms with Gasteiger partial charge in [0.1, 0.15) is 0 Å². The summed E-state index contributed by atoms with van der Waals surface area (Å²) in [6.45, 7) is 3.35. The van der Waals surface area contributed by atoms with Gasteiger partial charge in [-0.3, -0.25) is 10.1 Å². The van der Waals surface area contributed by atoms with Crippen molar-refractivity contribution < 1.29 is 13.3 Å². The van der Waals surface area contributed by atoms with Crippen LogP contribution in [0.5, 0.6) is 0 Å². The Kier molecular flexibility index (Phi) is 4.04. The van der Waals surface area contributed by atoms with Crippen molar-refractivity contribution in [3.05, 3.63) is 28.3 Å². The second-order valence-corrected chi connectivity index (χ2v) is 7.56. The third-order valence-corrected chi connectivity index (χ3v) is 5.11.